The summed E-state index contributed by atoms with van der Waals surface area (Å²) in [6.07, 6.45) is 2.08. The molecule has 0 spiro atoms. The molecule has 0 aromatic carbocycles. The van der Waals surface area contributed by atoms with Crippen LogP contribution in [0.15, 0.2) is 0 Å². The van der Waals surface area contributed by atoms with Crippen LogP contribution >= 0.6 is 11.6 Å². The minimum absolute atomic E-state index is 0.342. The molecule has 15 heavy (non-hydrogen) atoms. The molecular formula is C8H14ClNO4S. The molecule has 1 fully saturated rings. The summed E-state index contributed by atoms with van der Waals surface area (Å²) in [6, 6.07) is -0.701. The molecule has 0 amide bonds. The van der Waals surface area contributed by atoms with Gasteiger partial charge in [0.25, 0.3) is 0 Å². The van der Waals surface area contributed by atoms with Gasteiger partial charge in [0.2, 0.25) is 10.0 Å². The first-order valence-electron chi connectivity index (χ1n) is 4.66. The van der Waals surface area contributed by atoms with Gasteiger partial charge in [-0.1, -0.05) is 0 Å². The number of nitrogens with zero attached hydrogens (tertiary/aromatic N) is 1. The Morgan fingerprint density at radius 2 is 2.20 bits per heavy atom. The van der Waals surface area contributed by atoms with Crippen molar-refractivity contribution in [1.29, 1.82) is 0 Å². The van der Waals surface area contributed by atoms with Crippen molar-refractivity contribution in [2.45, 2.75) is 25.3 Å². The highest BCUT2D eigenvalue weighted by atomic mass is 35.5. The van der Waals surface area contributed by atoms with Crippen molar-refractivity contribution in [3.63, 3.8) is 0 Å². The Balaban J connectivity index is 2.88. The molecule has 1 atom stereocenters. The van der Waals surface area contributed by atoms with E-state index < -0.39 is 27.2 Å². The summed E-state index contributed by atoms with van der Waals surface area (Å²) in [5, 5.41) is -0.500. The Kier molecular flexibility index (Phi) is 4.36. The molecule has 0 bridgehead atoms. The second-order valence-electron chi connectivity index (χ2n) is 3.37. The van der Waals surface area contributed by atoms with Crippen LogP contribution in [0.1, 0.15) is 19.3 Å². The monoisotopic (exact) mass is 255 g/mol. The van der Waals surface area contributed by atoms with Gasteiger partial charge in [-0.05, 0) is 19.3 Å². The molecule has 1 aliphatic rings. The van der Waals surface area contributed by atoms with E-state index in [9.17, 15) is 13.2 Å². The van der Waals surface area contributed by atoms with Crippen molar-refractivity contribution in [1.82, 2.24) is 4.31 Å². The molecule has 88 valence electrons. The van der Waals surface area contributed by atoms with Crippen molar-refractivity contribution in [2.24, 2.45) is 0 Å². The lowest BCUT2D eigenvalue weighted by Gasteiger charge is -2.31. The van der Waals surface area contributed by atoms with Gasteiger partial charge in [-0.25, -0.2) is 8.42 Å². The fourth-order valence-corrected chi connectivity index (χ4v) is 3.16. The maximum Gasteiger partial charge on any atom is 0.324 e. The lowest BCUT2D eigenvalue weighted by atomic mass is 10.1. The zero-order valence-electron chi connectivity index (χ0n) is 8.48. The number of halogens is 1. The number of methoxy groups -OCH3 is 1. The SMILES string of the molecule is COC(=O)C1CCCCN1S(=O)(=O)CCl. The van der Waals surface area contributed by atoms with Gasteiger partial charge in [0.15, 0.2) is 0 Å². The summed E-state index contributed by atoms with van der Waals surface area (Å²) in [5.74, 6) is -0.511. The van der Waals surface area contributed by atoms with Crippen LogP contribution in [0.2, 0.25) is 0 Å². The Labute approximate surface area is 94.4 Å². The van der Waals surface area contributed by atoms with E-state index in [1.807, 2.05) is 0 Å². The molecule has 1 saturated heterocycles. The first kappa shape index (κ1) is 12.7. The fraction of sp³-hybridized carbons (Fsp3) is 0.875. The van der Waals surface area contributed by atoms with Gasteiger partial charge in [-0.3, -0.25) is 4.79 Å². The predicted molar refractivity (Wildman–Crippen MR) is 56.0 cm³/mol. The lowest BCUT2D eigenvalue weighted by Crippen LogP contribution is -2.48. The van der Waals surface area contributed by atoms with E-state index in [4.69, 9.17) is 11.6 Å². The molecule has 0 radical (unpaired) electrons. The maximum atomic E-state index is 11.6. The van der Waals surface area contributed by atoms with E-state index in [1.54, 1.807) is 0 Å². The minimum atomic E-state index is -3.53. The number of carbonyl (C=O) groups excluding carboxylic acids is 1. The number of rotatable bonds is 3. The number of carbonyl (C=O) groups is 1. The van der Waals surface area contributed by atoms with Crippen LogP contribution in [0.4, 0.5) is 0 Å². The largest absolute Gasteiger partial charge is 0.468 e. The second kappa shape index (κ2) is 5.14. The molecule has 0 aromatic rings. The lowest BCUT2D eigenvalue weighted by molar-refractivity contribution is -0.146. The molecule has 0 saturated carbocycles. The first-order valence-corrected chi connectivity index (χ1v) is 6.80. The van der Waals surface area contributed by atoms with Crippen LogP contribution < -0.4 is 0 Å². The van der Waals surface area contributed by atoms with Crippen molar-refractivity contribution in [3.8, 4) is 0 Å². The molecule has 5 nitrogen and oxygen atoms in total. The average Bonchev–Trinajstić information content (AvgIpc) is 2.28. The Morgan fingerprint density at radius 3 is 2.73 bits per heavy atom. The zero-order valence-corrected chi connectivity index (χ0v) is 10.1. The van der Waals surface area contributed by atoms with E-state index >= 15 is 0 Å². The van der Waals surface area contributed by atoms with Gasteiger partial charge >= 0.3 is 5.97 Å². The second-order valence-corrected chi connectivity index (χ2v) is 5.87. The van der Waals surface area contributed by atoms with E-state index in [2.05, 4.69) is 4.74 Å². The number of hydrogen-bond acceptors (Lipinski definition) is 4. The number of ether oxygens (including phenoxy) is 1. The van der Waals surface area contributed by atoms with Gasteiger partial charge in [-0.2, -0.15) is 4.31 Å². The molecule has 1 aliphatic heterocycles. The standard InChI is InChI=1S/C8H14ClNO4S/c1-14-8(11)7-4-2-3-5-10(7)15(12,13)6-9/h7H,2-6H2,1H3. The molecule has 1 unspecified atom stereocenters. The number of hydrogen-bond donors (Lipinski definition) is 0. The predicted octanol–water partition coefficient (Wildman–Crippen LogP) is 0.540. The number of alkyl halides is 1. The molecular weight excluding hydrogens is 242 g/mol. The van der Waals surface area contributed by atoms with Crippen LogP contribution in [0.3, 0.4) is 0 Å². The third-order valence-corrected chi connectivity index (χ3v) is 4.68. The topological polar surface area (TPSA) is 63.7 Å². The van der Waals surface area contributed by atoms with Crippen LogP contribution in [0.5, 0.6) is 0 Å². The normalized spacial score (nSPS) is 23.7. The molecule has 1 rings (SSSR count). The third kappa shape index (κ3) is 2.83. The van der Waals surface area contributed by atoms with E-state index in [1.165, 1.54) is 7.11 Å². The highest BCUT2D eigenvalue weighted by Crippen LogP contribution is 2.22. The Bertz CT molecular complexity index is 330. The molecule has 0 N–H and O–H groups in total. The molecule has 0 aliphatic carbocycles. The van der Waals surface area contributed by atoms with Gasteiger partial charge in [-0.15, -0.1) is 11.6 Å². The van der Waals surface area contributed by atoms with E-state index in [0.29, 0.717) is 13.0 Å². The summed E-state index contributed by atoms with van der Waals surface area (Å²) in [5.41, 5.74) is 0. The van der Waals surface area contributed by atoms with Crippen molar-refractivity contribution in [2.75, 3.05) is 18.9 Å². The van der Waals surface area contributed by atoms with Gasteiger partial charge in [0.05, 0.1) is 7.11 Å². The highest BCUT2D eigenvalue weighted by molar-refractivity contribution is 7.90. The first-order chi connectivity index (χ1) is 7.03. The van der Waals surface area contributed by atoms with Crippen LogP contribution in [0.25, 0.3) is 0 Å². The fourth-order valence-electron chi connectivity index (χ4n) is 1.67. The molecule has 7 heteroatoms. The quantitative estimate of drug-likeness (QED) is 0.545. The maximum absolute atomic E-state index is 11.6. The van der Waals surface area contributed by atoms with Gasteiger partial charge in [0.1, 0.15) is 11.3 Å². The Morgan fingerprint density at radius 1 is 1.53 bits per heavy atom. The van der Waals surface area contributed by atoms with E-state index in [0.717, 1.165) is 17.1 Å². The van der Waals surface area contributed by atoms with Crippen molar-refractivity contribution >= 4 is 27.6 Å². The van der Waals surface area contributed by atoms with Gasteiger partial charge in [0, 0.05) is 6.54 Å². The van der Waals surface area contributed by atoms with Crippen LogP contribution in [-0.2, 0) is 19.6 Å². The third-order valence-electron chi connectivity index (χ3n) is 2.42. The number of sulfonamides is 1. The Hall–Kier alpha value is -0.330. The summed E-state index contributed by atoms with van der Waals surface area (Å²) in [6.45, 7) is 0.342. The van der Waals surface area contributed by atoms with Crippen molar-refractivity contribution < 1.29 is 17.9 Å². The summed E-state index contributed by atoms with van der Waals surface area (Å²) < 4.78 is 28.9. The summed E-state index contributed by atoms with van der Waals surface area (Å²) >= 11 is 5.36. The summed E-state index contributed by atoms with van der Waals surface area (Å²) in [4.78, 5) is 11.4. The van der Waals surface area contributed by atoms with Gasteiger partial charge < -0.3 is 4.74 Å². The minimum Gasteiger partial charge on any atom is -0.468 e. The van der Waals surface area contributed by atoms with Crippen LogP contribution in [0, 0.1) is 0 Å². The number of piperidine rings is 1. The van der Waals surface area contributed by atoms with Crippen LogP contribution in [-0.4, -0.2) is 43.6 Å². The number of esters is 1. The summed E-state index contributed by atoms with van der Waals surface area (Å²) in [7, 11) is -2.28. The van der Waals surface area contributed by atoms with E-state index in [-0.39, 0.29) is 0 Å². The van der Waals surface area contributed by atoms with Crippen molar-refractivity contribution in [3.05, 3.63) is 0 Å². The highest BCUT2D eigenvalue weighted by Gasteiger charge is 2.36. The zero-order chi connectivity index (χ0) is 11.5. The molecule has 1 heterocycles. The smallest absolute Gasteiger partial charge is 0.324 e. The average molecular weight is 256 g/mol. The molecule has 0 aromatic heterocycles.